The molecule has 5 rings (SSSR count). The Balaban J connectivity index is 1.55. The van der Waals surface area contributed by atoms with Crippen molar-refractivity contribution >= 4 is 23.2 Å². The molecule has 0 radical (unpaired) electrons. The fraction of sp³-hybridized carbons (Fsp3) is 0.414. The number of Topliss-reactive ketones (excluding diaryl/α,β-unsaturated/α-hetero) is 2. The molecule has 1 fully saturated rings. The number of aliphatic hydroxyl groups is 4. The van der Waals surface area contributed by atoms with Crippen LogP contribution < -0.4 is 11.5 Å². The van der Waals surface area contributed by atoms with E-state index in [1.165, 1.54) is 11.0 Å². The molecule has 0 saturated heterocycles. The zero-order valence-electron chi connectivity index (χ0n) is 21.8. The minimum atomic E-state index is -2.63. The molecule has 1 saturated carbocycles. The van der Waals surface area contributed by atoms with Crippen LogP contribution in [0.2, 0.25) is 0 Å². The molecule has 1 amide bonds. The number of benzene rings is 1. The van der Waals surface area contributed by atoms with Crippen LogP contribution in [0.4, 0.5) is 5.69 Å². The maximum Gasteiger partial charge on any atom is 0.255 e. The molecule has 0 aromatic heterocycles. The number of allylic oxidation sites excluding steroid dienone is 3. The number of primary amides is 1. The molecule has 1 aromatic carbocycles. The van der Waals surface area contributed by atoms with Crippen molar-refractivity contribution in [3.8, 4) is 0 Å². The third-order valence-electron chi connectivity index (χ3n) is 8.83. The Bertz CT molecular complexity index is 1390. The summed E-state index contributed by atoms with van der Waals surface area (Å²) in [6, 6.07) is 6.47. The van der Waals surface area contributed by atoms with Crippen LogP contribution in [0.25, 0.3) is 0 Å². The van der Waals surface area contributed by atoms with Gasteiger partial charge in [0.2, 0.25) is 5.78 Å². The van der Waals surface area contributed by atoms with E-state index in [9.17, 15) is 34.8 Å². The SMILES string of the molecule is CN(C)[C@@H]1C(=O)C(C(N)=O)=C(O)[C@@]2(O)C(=O)C3=C(O)C4=C(O)C=CC(CCc5ccc(N)cc5)C4C[C@H]3C[C@@H]12. The van der Waals surface area contributed by atoms with E-state index in [0.717, 1.165) is 12.0 Å². The highest BCUT2D eigenvalue weighted by Crippen LogP contribution is 2.55. The lowest BCUT2D eigenvalue weighted by atomic mass is 9.55. The van der Waals surface area contributed by atoms with Crippen LogP contribution >= 0.6 is 0 Å². The monoisotopic (exact) mass is 535 g/mol. The quantitative estimate of drug-likeness (QED) is 0.241. The Morgan fingerprint density at radius 3 is 2.36 bits per heavy atom. The van der Waals surface area contributed by atoms with Crippen LogP contribution in [0.3, 0.4) is 0 Å². The van der Waals surface area contributed by atoms with Crippen molar-refractivity contribution in [2.75, 3.05) is 19.8 Å². The van der Waals surface area contributed by atoms with Crippen molar-refractivity contribution in [2.45, 2.75) is 37.3 Å². The predicted molar refractivity (Wildman–Crippen MR) is 142 cm³/mol. The summed E-state index contributed by atoms with van der Waals surface area (Å²) >= 11 is 0. The van der Waals surface area contributed by atoms with E-state index in [2.05, 4.69) is 0 Å². The normalized spacial score (nSPS) is 32.4. The van der Waals surface area contributed by atoms with Crippen molar-refractivity contribution < 1.29 is 34.8 Å². The number of rotatable bonds is 5. The van der Waals surface area contributed by atoms with Gasteiger partial charge >= 0.3 is 0 Å². The fourth-order valence-electron chi connectivity index (χ4n) is 6.98. The average Bonchev–Trinajstić information content (AvgIpc) is 2.86. The number of ketones is 2. The zero-order chi connectivity index (χ0) is 28.4. The predicted octanol–water partition coefficient (Wildman–Crippen LogP) is 1.78. The Kier molecular flexibility index (Phi) is 6.43. The van der Waals surface area contributed by atoms with Crippen molar-refractivity contribution in [1.82, 2.24) is 4.90 Å². The second-order valence-electron chi connectivity index (χ2n) is 11.2. The number of nitrogen functional groups attached to an aromatic ring is 1. The lowest BCUT2D eigenvalue weighted by molar-refractivity contribution is -0.154. The first-order chi connectivity index (χ1) is 18.4. The molecule has 1 aromatic rings. The Morgan fingerprint density at radius 1 is 1.08 bits per heavy atom. The van der Waals surface area contributed by atoms with Crippen LogP contribution in [-0.2, 0) is 20.8 Å². The number of aryl methyl sites for hydroxylation is 1. The van der Waals surface area contributed by atoms with Crippen LogP contribution in [-0.4, -0.2) is 68.5 Å². The molecule has 4 aliphatic carbocycles. The van der Waals surface area contributed by atoms with Gasteiger partial charge < -0.3 is 31.9 Å². The molecule has 0 aliphatic heterocycles. The van der Waals surface area contributed by atoms with E-state index < -0.39 is 58.0 Å². The maximum absolute atomic E-state index is 13.9. The minimum Gasteiger partial charge on any atom is -0.508 e. The highest BCUT2D eigenvalue weighted by atomic mass is 16.3. The summed E-state index contributed by atoms with van der Waals surface area (Å²) in [5.41, 5.74) is 9.56. The van der Waals surface area contributed by atoms with E-state index in [-0.39, 0.29) is 35.2 Å². The number of hydrogen-bond acceptors (Lipinski definition) is 9. The maximum atomic E-state index is 13.9. The van der Waals surface area contributed by atoms with Gasteiger partial charge in [-0.05, 0) is 81.3 Å². The van der Waals surface area contributed by atoms with Gasteiger partial charge in [0.1, 0.15) is 22.9 Å². The summed E-state index contributed by atoms with van der Waals surface area (Å²) < 4.78 is 0. The van der Waals surface area contributed by atoms with Crippen LogP contribution in [0, 0.1) is 23.7 Å². The van der Waals surface area contributed by atoms with Crippen LogP contribution in [0.15, 0.2) is 70.4 Å². The average molecular weight is 536 g/mol. The van der Waals surface area contributed by atoms with E-state index in [4.69, 9.17) is 11.5 Å². The first kappa shape index (κ1) is 26.7. The molecule has 0 bridgehead atoms. The van der Waals surface area contributed by atoms with Crippen molar-refractivity contribution in [1.29, 1.82) is 0 Å². The van der Waals surface area contributed by atoms with E-state index >= 15 is 0 Å². The van der Waals surface area contributed by atoms with Crippen molar-refractivity contribution in [3.63, 3.8) is 0 Å². The third-order valence-corrected chi connectivity index (χ3v) is 8.83. The third kappa shape index (κ3) is 3.97. The summed E-state index contributed by atoms with van der Waals surface area (Å²) in [5.74, 6) is -6.69. The molecule has 10 heteroatoms. The lowest BCUT2D eigenvalue weighted by Gasteiger charge is -2.51. The Hall–Kier alpha value is -3.89. The summed E-state index contributed by atoms with van der Waals surface area (Å²) in [6.45, 7) is 0. The first-order valence-corrected chi connectivity index (χ1v) is 13.0. The molecule has 10 nitrogen and oxygen atoms in total. The number of anilines is 1. The van der Waals surface area contributed by atoms with Crippen LogP contribution in [0.1, 0.15) is 24.8 Å². The highest BCUT2D eigenvalue weighted by molar-refractivity contribution is 6.24. The molecule has 6 atom stereocenters. The number of aliphatic hydroxyl groups excluding tert-OH is 3. The smallest absolute Gasteiger partial charge is 0.255 e. The number of hydrogen-bond donors (Lipinski definition) is 6. The molecule has 0 spiro atoms. The number of likely N-dealkylation sites (N-methyl/N-ethyl adjacent to an activating group) is 1. The first-order valence-electron chi connectivity index (χ1n) is 13.0. The second-order valence-corrected chi connectivity index (χ2v) is 11.2. The number of fused-ring (bicyclic) bond motifs is 3. The summed E-state index contributed by atoms with van der Waals surface area (Å²) in [7, 11) is 3.16. The van der Waals surface area contributed by atoms with Gasteiger partial charge in [-0.25, -0.2) is 0 Å². The number of nitrogens with zero attached hydrogens (tertiary/aromatic N) is 1. The summed E-state index contributed by atoms with van der Waals surface area (Å²) in [6.07, 6.45) is 5.32. The van der Waals surface area contributed by atoms with Gasteiger partial charge in [0, 0.05) is 22.8 Å². The molecule has 2 unspecified atom stereocenters. The second kappa shape index (κ2) is 9.39. The lowest BCUT2D eigenvalue weighted by Crippen LogP contribution is -2.65. The largest absolute Gasteiger partial charge is 0.508 e. The Morgan fingerprint density at radius 2 is 1.74 bits per heavy atom. The number of nitrogens with two attached hydrogens (primary N) is 2. The van der Waals surface area contributed by atoms with Crippen LogP contribution in [0.5, 0.6) is 0 Å². The highest BCUT2D eigenvalue weighted by Gasteiger charge is 2.64. The van der Waals surface area contributed by atoms with Gasteiger partial charge in [-0.15, -0.1) is 0 Å². The molecular weight excluding hydrogens is 502 g/mol. The topological polar surface area (TPSA) is 187 Å². The van der Waals surface area contributed by atoms with Crippen molar-refractivity contribution in [3.05, 3.63) is 76.0 Å². The molecule has 206 valence electrons. The number of amides is 1. The molecule has 8 N–H and O–H groups in total. The number of carbonyl (C=O) groups excluding carboxylic acids is 3. The summed E-state index contributed by atoms with van der Waals surface area (Å²) in [4.78, 5) is 40.7. The zero-order valence-corrected chi connectivity index (χ0v) is 21.8. The van der Waals surface area contributed by atoms with Gasteiger partial charge in [-0.1, -0.05) is 18.2 Å². The molecule has 0 heterocycles. The standard InChI is InChI=1S/C29H33N3O7/c1-32(2)23-18-12-15-11-17-14(6-3-13-4-8-16(30)9-5-13)7-10-19(33)21(17)24(34)20(15)26(36)29(18,39)27(37)22(25(23)35)28(31)38/h4-5,7-10,14-15,17-18,23,33-34,37,39H,3,6,11-12,30H2,1-2H3,(H2,31,38)/t14?,15-,17?,18-,23-,29-/m0/s1. The molecular formula is C29H33N3O7. The van der Waals surface area contributed by atoms with Gasteiger partial charge in [0.15, 0.2) is 11.4 Å². The number of carbonyl (C=O) groups is 3. The summed E-state index contributed by atoms with van der Waals surface area (Å²) in [5, 5.41) is 44.7. The Labute approximate surface area is 225 Å². The van der Waals surface area contributed by atoms with E-state index in [0.29, 0.717) is 18.5 Å². The van der Waals surface area contributed by atoms with Gasteiger partial charge in [-0.2, -0.15) is 0 Å². The van der Waals surface area contributed by atoms with Gasteiger partial charge in [-0.3, -0.25) is 19.3 Å². The van der Waals surface area contributed by atoms with Crippen molar-refractivity contribution in [2.24, 2.45) is 29.4 Å². The minimum absolute atomic E-state index is 0.0551. The van der Waals surface area contributed by atoms with E-state index in [1.54, 1.807) is 14.1 Å². The van der Waals surface area contributed by atoms with E-state index in [1.807, 2.05) is 30.3 Å². The molecule has 4 aliphatic rings. The van der Waals surface area contributed by atoms with Gasteiger partial charge in [0.05, 0.1) is 6.04 Å². The van der Waals surface area contributed by atoms with Gasteiger partial charge in [0.25, 0.3) is 5.91 Å². The molecule has 39 heavy (non-hydrogen) atoms. The fourth-order valence-corrected chi connectivity index (χ4v) is 6.98.